The number of ether oxygens (including phenoxy) is 1. The zero-order valence-electron chi connectivity index (χ0n) is 12.7. The Labute approximate surface area is 130 Å². The molecule has 0 spiro atoms. The van der Waals surface area contributed by atoms with Crippen molar-refractivity contribution in [1.82, 2.24) is 9.88 Å². The first kappa shape index (κ1) is 14.6. The van der Waals surface area contributed by atoms with Crippen molar-refractivity contribution < 1.29 is 9.53 Å². The van der Waals surface area contributed by atoms with Crippen LogP contribution in [0.1, 0.15) is 5.56 Å². The predicted molar refractivity (Wildman–Crippen MR) is 87.7 cm³/mol. The van der Waals surface area contributed by atoms with Crippen molar-refractivity contribution in [3.63, 3.8) is 0 Å². The lowest BCUT2D eigenvalue weighted by Gasteiger charge is -2.25. The lowest BCUT2D eigenvalue weighted by molar-refractivity contribution is -0.146. The van der Waals surface area contributed by atoms with Gasteiger partial charge in [0, 0.05) is 36.6 Å². The highest BCUT2D eigenvalue weighted by molar-refractivity contribution is 5.84. The van der Waals surface area contributed by atoms with Gasteiger partial charge in [-0.3, -0.25) is 9.69 Å². The largest absolute Gasteiger partial charge is 0.468 e. The van der Waals surface area contributed by atoms with E-state index in [-0.39, 0.29) is 12.0 Å². The van der Waals surface area contributed by atoms with Gasteiger partial charge in [0.15, 0.2) is 0 Å². The second-order valence-electron chi connectivity index (χ2n) is 5.52. The van der Waals surface area contributed by atoms with E-state index < -0.39 is 0 Å². The summed E-state index contributed by atoms with van der Waals surface area (Å²) in [5.74, 6) is -0.191. The number of hydrogen-bond donors (Lipinski definition) is 1. The van der Waals surface area contributed by atoms with E-state index in [1.165, 1.54) is 7.11 Å². The lowest BCUT2D eigenvalue weighted by atomic mass is 10.0. The monoisotopic (exact) mass is 296 g/mol. The molecule has 0 fully saturated rings. The van der Waals surface area contributed by atoms with Gasteiger partial charge in [-0.15, -0.1) is 0 Å². The first-order chi connectivity index (χ1) is 10.7. The summed E-state index contributed by atoms with van der Waals surface area (Å²) in [6, 6.07) is 7.85. The van der Waals surface area contributed by atoms with Crippen LogP contribution < -0.4 is 0 Å². The van der Waals surface area contributed by atoms with E-state index in [1.54, 1.807) is 0 Å². The Balaban J connectivity index is 1.84. The van der Waals surface area contributed by atoms with Gasteiger partial charge in [0.1, 0.15) is 6.04 Å². The van der Waals surface area contributed by atoms with Crippen molar-refractivity contribution in [2.75, 3.05) is 20.2 Å². The van der Waals surface area contributed by atoms with Crippen LogP contribution in [-0.4, -0.2) is 42.1 Å². The minimum atomic E-state index is -0.280. The molecule has 0 radical (unpaired) electrons. The van der Waals surface area contributed by atoms with E-state index in [2.05, 4.69) is 28.6 Å². The van der Waals surface area contributed by atoms with Crippen molar-refractivity contribution in [3.05, 3.63) is 60.3 Å². The second kappa shape index (κ2) is 6.20. The topological polar surface area (TPSA) is 45.3 Å². The smallest absolute Gasteiger partial charge is 0.323 e. The minimum absolute atomic E-state index is 0.191. The van der Waals surface area contributed by atoms with Gasteiger partial charge in [-0.05, 0) is 17.2 Å². The van der Waals surface area contributed by atoms with E-state index in [0.29, 0.717) is 6.42 Å². The van der Waals surface area contributed by atoms with Crippen molar-refractivity contribution >= 4 is 16.9 Å². The number of fused-ring (bicyclic) bond motifs is 1. The maximum Gasteiger partial charge on any atom is 0.323 e. The SMILES string of the molecule is C=CC1=CCN(C(Cc2c[nH]c3ccccc23)C(=O)OC)C1. The molecule has 1 aliphatic rings. The molecule has 0 bridgehead atoms. The predicted octanol–water partition coefficient (Wildman–Crippen LogP) is 2.68. The van der Waals surface area contributed by atoms with Gasteiger partial charge in [-0.1, -0.05) is 36.9 Å². The molecule has 4 heteroatoms. The van der Waals surface area contributed by atoms with Gasteiger partial charge in [-0.25, -0.2) is 0 Å². The van der Waals surface area contributed by atoms with Crippen LogP contribution >= 0.6 is 0 Å². The van der Waals surface area contributed by atoms with Crippen LogP contribution in [0.4, 0.5) is 0 Å². The number of nitrogens with zero attached hydrogens (tertiary/aromatic N) is 1. The van der Waals surface area contributed by atoms with Crippen LogP contribution in [0.3, 0.4) is 0 Å². The Bertz CT molecular complexity index is 730. The number of methoxy groups -OCH3 is 1. The number of H-pyrrole nitrogens is 1. The molecule has 22 heavy (non-hydrogen) atoms. The molecule has 1 unspecified atom stereocenters. The molecule has 1 atom stereocenters. The van der Waals surface area contributed by atoms with Gasteiger partial charge in [0.2, 0.25) is 0 Å². The van der Waals surface area contributed by atoms with Crippen molar-refractivity contribution in [1.29, 1.82) is 0 Å². The average molecular weight is 296 g/mol. The van der Waals surface area contributed by atoms with Crippen LogP contribution in [0.15, 0.2) is 54.8 Å². The summed E-state index contributed by atoms with van der Waals surface area (Å²) in [6.07, 6.45) is 6.58. The van der Waals surface area contributed by atoms with Gasteiger partial charge in [-0.2, -0.15) is 0 Å². The summed E-state index contributed by atoms with van der Waals surface area (Å²) < 4.78 is 5.01. The molecule has 3 rings (SSSR count). The molecule has 114 valence electrons. The number of carbonyl (C=O) groups is 1. The maximum atomic E-state index is 12.2. The third kappa shape index (κ3) is 2.70. The summed E-state index contributed by atoms with van der Waals surface area (Å²) in [6.45, 7) is 5.30. The standard InChI is InChI=1S/C18H20N2O2/c1-3-13-8-9-20(12-13)17(18(21)22-2)10-14-11-19-16-7-5-4-6-15(14)16/h3-8,11,17,19H,1,9-10,12H2,2H3. The summed E-state index contributed by atoms with van der Waals surface area (Å²) in [4.78, 5) is 17.6. The minimum Gasteiger partial charge on any atom is -0.468 e. The lowest BCUT2D eigenvalue weighted by Crippen LogP contribution is -2.42. The van der Waals surface area contributed by atoms with Crippen LogP contribution in [-0.2, 0) is 16.0 Å². The highest BCUT2D eigenvalue weighted by Gasteiger charge is 2.29. The van der Waals surface area contributed by atoms with Gasteiger partial charge < -0.3 is 9.72 Å². The summed E-state index contributed by atoms with van der Waals surface area (Å²) in [5.41, 5.74) is 3.39. The number of hydrogen-bond acceptors (Lipinski definition) is 3. The molecule has 2 aromatic rings. The van der Waals surface area contributed by atoms with E-state index in [1.807, 2.05) is 30.5 Å². The molecular weight excluding hydrogens is 276 g/mol. The number of nitrogens with one attached hydrogen (secondary N) is 1. The second-order valence-corrected chi connectivity index (χ2v) is 5.52. The quantitative estimate of drug-likeness (QED) is 0.863. The number of rotatable bonds is 5. The Hall–Kier alpha value is -2.33. The fraction of sp³-hybridized carbons (Fsp3) is 0.278. The summed E-state index contributed by atoms with van der Waals surface area (Å²) >= 11 is 0. The Morgan fingerprint density at radius 2 is 2.32 bits per heavy atom. The van der Waals surface area contributed by atoms with Gasteiger partial charge >= 0.3 is 5.97 Å². The molecule has 0 saturated carbocycles. The first-order valence-electron chi connectivity index (χ1n) is 7.41. The van der Waals surface area contributed by atoms with Crippen LogP contribution in [0.5, 0.6) is 0 Å². The van der Waals surface area contributed by atoms with Crippen LogP contribution in [0.25, 0.3) is 10.9 Å². The fourth-order valence-corrected chi connectivity index (χ4v) is 2.99. The zero-order chi connectivity index (χ0) is 15.5. The van der Waals surface area contributed by atoms with Crippen molar-refractivity contribution in [3.8, 4) is 0 Å². The van der Waals surface area contributed by atoms with Gasteiger partial charge in [0.05, 0.1) is 7.11 Å². The molecule has 1 aromatic carbocycles. The maximum absolute atomic E-state index is 12.2. The molecule has 0 aliphatic carbocycles. The molecule has 1 aliphatic heterocycles. The molecule has 1 aromatic heterocycles. The van der Waals surface area contributed by atoms with E-state index in [9.17, 15) is 4.79 Å². The normalized spacial score (nSPS) is 16.5. The molecule has 1 N–H and O–H groups in total. The zero-order valence-corrected chi connectivity index (χ0v) is 12.7. The van der Waals surface area contributed by atoms with E-state index in [4.69, 9.17) is 4.74 Å². The van der Waals surface area contributed by atoms with E-state index >= 15 is 0 Å². The highest BCUT2D eigenvalue weighted by atomic mass is 16.5. The third-order valence-electron chi connectivity index (χ3n) is 4.24. The number of aromatic nitrogens is 1. The van der Waals surface area contributed by atoms with Gasteiger partial charge in [0.25, 0.3) is 0 Å². The summed E-state index contributed by atoms with van der Waals surface area (Å²) in [5, 5.41) is 1.16. The summed E-state index contributed by atoms with van der Waals surface area (Å²) in [7, 11) is 1.45. The number of para-hydroxylation sites is 1. The third-order valence-corrected chi connectivity index (χ3v) is 4.24. The van der Waals surface area contributed by atoms with E-state index in [0.717, 1.165) is 35.1 Å². The Morgan fingerprint density at radius 1 is 1.50 bits per heavy atom. The molecule has 4 nitrogen and oxygen atoms in total. The van der Waals surface area contributed by atoms with Crippen molar-refractivity contribution in [2.24, 2.45) is 0 Å². The molecule has 2 heterocycles. The number of benzene rings is 1. The highest BCUT2D eigenvalue weighted by Crippen LogP contribution is 2.23. The Morgan fingerprint density at radius 3 is 3.05 bits per heavy atom. The average Bonchev–Trinajstić information content (AvgIpc) is 3.18. The molecule has 0 amide bonds. The number of aromatic amines is 1. The first-order valence-corrected chi connectivity index (χ1v) is 7.41. The van der Waals surface area contributed by atoms with Crippen LogP contribution in [0.2, 0.25) is 0 Å². The molecule has 0 saturated heterocycles. The van der Waals surface area contributed by atoms with Crippen LogP contribution in [0, 0.1) is 0 Å². The van der Waals surface area contributed by atoms with Crippen molar-refractivity contribution in [2.45, 2.75) is 12.5 Å². The molecular formula is C18H20N2O2. The Kier molecular flexibility index (Phi) is 4.11. The fourth-order valence-electron chi connectivity index (χ4n) is 2.99. The number of esters is 1. The number of carbonyl (C=O) groups excluding carboxylic acids is 1.